The highest BCUT2D eigenvalue weighted by Gasteiger charge is 2.04. The Morgan fingerprint density at radius 2 is 2.26 bits per heavy atom. The highest BCUT2D eigenvalue weighted by Crippen LogP contribution is 2.20. The lowest BCUT2D eigenvalue weighted by atomic mass is 10.2. The van der Waals surface area contributed by atoms with Crippen LogP contribution >= 0.6 is 15.9 Å². The van der Waals surface area contributed by atoms with Gasteiger partial charge in [-0.25, -0.2) is 0 Å². The Kier molecular flexibility index (Phi) is 7.14. The second-order valence-corrected chi connectivity index (χ2v) is 4.64. The topological polar surface area (TPSA) is 64.6 Å². The molecule has 0 saturated heterocycles. The molecule has 1 rings (SSSR count). The summed E-state index contributed by atoms with van der Waals surface area (Å²) in [6.45, 7) is 1.08. The molecule has 0 saturated carbocycles. The number of halogens is 1. The van der Waals surface area contributed by atoms with Crippen molar-refractivity contribution in [2.45, 2.75) is 6.42 Å². The summed E-state index contributed by atoms with van der Waals surface area (Å²) < 4.78 is 10.9. The van der Waals surface area contributed by atoms with Crippen molar-refractivity contribution in [1.29, 1.82) is 0 Å². The van der Waals surface area contributed by atoms with E-state index in [4.69, 9.17) is 9.47 Å². The molecule has 0 radical (unpaired) electrons. The Hall–Kier alpha value is -1.40. The Balaban J connectivity index is 2.35. The Labute approximate surface area is 120 Å². The van der Waals surface area contributed by atoms with E-state index in [2.05, 4.69) is 21.2 Å². The fraction of sp³-hybridized carbons (Fsp3) is 0.385. The maximum atomic E-state index is 11.4. The lowest BCUT2D eigenvalue weighted by Gasteiger charge is -2.08. The van der Waals surface area contributed by atoms with E-state index in [1.807, 2.05) is 0 Å². The summed E-state index contributed by atoms with van der Waals surface area (Å²) in [5, 5.41) is 2.70. The van der Waals surface area contributed by atoms with Gasteiger partial charge in [-0.1, -0.05) is 15.9 Å². The summed E-state index contributed by atoms with van der Waals surface area (Å²) in [5.74, 6) is 0.281. The number of methoxy groups -OCH3 is 1. The van der Waals surface area contributed by atoms with Gasteiger partial charge in [-0.05, 0) is 24.6 Å². The number of nitrogens with one attached hydrogen (secondary N) is 1. The lowest BCUT2D eigenvalue weighted by Crippen LogP contribution is -2.30. The van der Waals surface area contributed by atoms with Crippen LogP contribution in [-0.4, -0.2) is 39.1 Å². The number of hydrogen-bond donors (Lipinski definition) is 1. The molecule has 104 valence electrons. The third kappa shape index (κ3) is 5.85. The average Bonchev–Trinajstić information content (AvgIpc) is 2.42. The van der Waals surface area contributed by atoms with Crippen LogP contribution in [0.1, 0.15) is 16.8 Å². The molecular formula is C13H16BrNO4. The maximum absolute atomic E-state index is 11.4. The summed E-state index contributed by atoms with van der Waals surface area (Å²) in [7, 11) is 1.61. The molecule has 1 aromatic carbocycles. The van der Waals surface area contributed by atoms with Gasteiger partial charge in [-0.15, -0.1) is 0 Å². The maximum Gasteiger partial charge on any atom is 0.257 e. The fourth-order valence-electron chi connectivity index (χ4n) is 1.35. The molecule has 1 aromatic rings. The zero-order valence-corrected chi connectivity index (χ0v) is 12.2. The number of hydrogen-bond acceptors (Lipinski definition) is 4. The van der Waals surface area contributed by atoms with E-state index in [0.717, 1.165) is 12.7 Å². The van der Waals surface area contributed by atoms with Gasteiger partial charge in [-0.2, -0.15) is 0 Å². The van der Waals surface area contributed by atoms with Crippen molar-refractivity contribution in [2.75, 3.05) is 26.9 Å². The summed E-state index contributed by atoms with van der Waals surface area (Å²) in [4.78, 5) is 22.2. The molecule has 0 aromatic heterocycles. The zero-order chi connectivity index (χ0) is 14.1. The van der Waals surface area contributed by atoms with E-state index in [-0.39, 0.29) is 12.5 Å². The standard InChI is InChI=1S/C13H16BrNO4/c1-18-6-2-5-15-13(17)9-19-11-3-4-12(14)10(7-11)8-16/h3-4,7-8H,2,5-6,9H2,1H3,(H,15,17). The minimum atomic E-state index is -0.202. The van der Waals surface area contributed by atoms with Crippen LogP contribution in [0.3, 0.4) is 0 Å². The van der Waals surface area contributed by atoms with Gasteiger partial charge in [0.2, 0.25) is 0 Å². The van der Waals surface area contributed by atoms with Crippen molar-refractivity contribution >= 4 is 28.1 Å². The SMILES string of the molecule is COCCCNC(=O)COc1ccc(Br)c(C=O)c1. The van der Waals surface area contributed by atoms with Gasteiger partial charge in [0, 0.05) is 30.3 Å². The molecule has 0 aliphatic carbocycles. The molecule has 0 spiro atoms. The molecule has 0 fully saturated rings. The highest BCUT2D eigenvalue weighted by atomic mass is 79.9. The Morgan fingerprint density at radius 1 is 1.47 bits per heavy atom. The van der Waals surface area contributed by atoms with Crippen molar-refractivity contribution in [2.24, 2.45) is 0 Å². The first-order chi connectivity index (χ1) is 9.17. The summed E-state index contributed by atoms with van der Waals surface area (Å²) >= 11 is 3.24. The smallest absolute Gasteiger partial charge is 0.257 e. The number of aldehydes is 1. The molecule has 0 heterocycles. The van der Waals surface area contributed by atoms with Crippen LogP contribution in [0.25, 0.3) is 0 Å². The molecule has 1 amide bonds. The Morgan fingerprint density at radius 3 is 2.95 bits per heavy atom. The molecule has 6 heteroatoms. The summed E-state index contributed by atoms with van der Waals surface area (Å²) in [5.41, 5.74) is 0.484. The first-order valence-electron chi connectivity index (χ1n) is 5.80. The molecule has 0 atom stereocenters. The normalized spacial score (nSPS) is 10.0. The molecule has 0 aliphatic heterocycles. The van der Waals surface area contributed by atoms with Gasteiger partial charge >= 0.3 is 0 Å². The first-order valence-corrected chi connectivity index (χ1v) is 6.60. The fourth-order valence-corrected chi connectivity index (χ4v) is 1.69. The van der Waals surface area contributed by atoms with Crippen molar-refractivity contribution < 1.29 is 19.1 Å². The van der Waals surface area contributed by atoms with E-state index < -0.39 is 0 Å². The Bertz CT molecular complexity index is 437. The van der Waals surface area contributed by atoms with Gasteiger partial charge in [0.05, 0.1) is 0 Å². The average molecular weight is 330 g/mol. The molecule has 0 unspecified atom stereocenters. The van der Waals surface area contributed by atoms with Crippen LogP contribution in [-0.2, 0) is 9.53 Å². The molecule has 0 aliphatic rings. The van der Waals surface area contributed by atoms with Gasteiger partial charge in [-0.3, -0.25) is 9.59 Å². The quantitative estimate of drug-likeness (QED) is 0.583. The lowest BCUT2D eigenvalue weighted by molar-refractivity contribution is -0.123. The van der Waals surface area contributed by atoms with E-state index in [1.54, 1.807) is 25.3 Å². The number of amides is 1. The zero-order valence-electron chi connectivity index (χ0n) is 10.6. The molecule has 19 heavy (non-hydrogen) atoms. The van der Waals surface area contributed by atoms with Crippen molar-refractivity contribution in [3.8, 4) is 5.75 Å². The van der Waals surface area contributed by atoms with Crippen LogP contribution in [0.5, 0.6) is 5.75 Å². The third-order valence-electron chi connectivity index (χ3n) is 2.31. The minimum absolute atomic E-state index is 0.0765. The molecule has 5 nitrogen and oxygen atoms in total. The van der Waals surface area contributed by atoms with Crippen molar-refractivity contribution in [3.63, 3.8) is 0 Å². The van der Waals surface area contributed by atoms with E-state index in [9.17, 15) is 9.59 Å². The van der Waals surface area contributed by atoms with Gasteiger partial charge in [0.15, 0.2) is 12.9 Å². The highest BCUT2D eigenvalue weighted by molar-refractivity contribution is 9.10. The van der Waals surface area contributed by atoms with Crippen LogP contribution in [0.4, 0.5) is 0 Å². The number of carbonyl (C=O) groups excluding carboxylic acids is 2. The predicted molar refractivity (Wildman–Crippen MR) is 74.5 cm³/mol. The van der Waals surface area contributed by atoms with Gasteiger partial charge in [0.25, 0.3) is 5.91 Å². The number of ether oxygens (including phenoxy) is 2. The van der Waals surface area contributed by atoms with Crippen LogP contribution in [0, 0.1) is 0 Å². The second-order valence-electron chi connectivity index (χ2n) is 3.79. The van der Waals surface area contributed by atoms with Crippen LogP contribution < -0.4 is 10.1 Å². The third-order valence-corrected chi connectivity index (χ3v) is 3.03. The van der Waals surface area contributed by atoms with E-state index in [1.165, 1.54) is 0 Å². The van der Waals surface area contributed by atoms with Gasteiger partial charge in [0.1, 0.15) is 5.75 Å². The molecule has 1 N–H and O–H groups in total. The number of benzene rings is 1. The predicted octanol–water partition coefficient (Wildman–Crippen LogP) is 1.79. The van der Waals surface area contributed by atoms with E-state index >= 15 is 0 Å². The molecular weight excluding hydrogens is 314 g/mol. The monoisotopic (exact) mass is 329 g/mol. The van der Waals surface area contributed by atoms with E-state index in [0.29, 0.717) is 28.9 Å². The van der Waals surface area contributed by atoms with Crippen molar-refractivity contribution in [3.05, 3.63) is 28.2 Å². The largest absolute Gasteiger partial charge is 0.484 e. The van der Waals surface area contributed by atoms with Crippen LogP contribution in [0.2, 0.25) is 0 Å². The summed E-state index contributed by atoms with van der Waals surface area (Å²) in [6.07, 6.45) is 1.48. The van der Waals surface area contributed by atoms with Crippen molar-refractivity contribution in [1.82, 2.24) is 5.32 Å². The van der Waals surface area contributed by atoms with Crippen LogP contribution in [0.15, 0.2) is 22.7 Å². The second kappa shape index (κ2) is 8.66. The summed E-state index contributed by atoms with van der Waals surface area (Å²) in [6, 6.07) is 4.97. The number of rotatable bonds is 8. The van der Waals surface area contributed by atoms with Gasteiger partial charge < -0.3 is 14.8 Å². The number of carbonyl (C=O) groups is 2. The minimum Gasteiger partial charge on any atom is -0.484 e. The first kappa shape index (κ1) is 15.7. The molecule has 0 bridgehead atoms.